The smallest absolute Gasteiger partial charge is 0.109 e. The van der Waals surface area contributed by atoms with Crippen LogP contribution >= 0.6 is 69.6 Å². The van der Waals surface area contributed by atoms with Gasteiger partial charge in [-0.3, -0.25) is 5.43 Å². The van der Waals surface area contributed by atoms with Gasteiger partial charge < -0.3 is 0 Å². The zero-order valence-corrected chi connectivity index (χ0v) is 14.5. The van der Waals surface area contributed by atoms with Gasteiger partial charge in [0.15, 0.2) is 0 Å². The van der Waals surface area contributed by atoms with E-state index in [0.717, 1.165) is 0 Å². The van der Waals surface area contributed by atoms with Crippen molar-refractivity contribution in [1.82, 2.24) is 0 Å². The van der Waals surface area contributed by atoms with Gasteiger partial charge in [0.1, 0.15) is 5.69 Å². The normalized spacial score (nSPS) is 11.1. The predicted octanol–water partition coefficient (Wildman–Crippen LogP) is 7.72. The molecule has 0 atom stereocenters. The van der Waals surface area contributed by atoms with Crippen LogP contribution in [0.4, 0.5) is 11.4 Å². The largest absolute Gasteiger partial charge is 0.258 e. The van der Waals surface area contributed by atoms with Crippen molar-refractivity contribution in [3.8, 4) is 0 Å². The summed E-state index contributed by atoms with van der Waals surface area (Å²) in [6.07, 6.45) is 0. The third kappa shape index (κ3) is 4.28. The second-order valence-electron chi connectivity index (χ2n) is 3.78. The molecule has 0 radical (unpaired) electrons. The maximum absolute atomic E-state index is 6.01. The maximum Gasteiger partial charge on any atom is 0.109 e. The van der Waals surface area contributed by atoms with Gasteiger partial charge in [-0.25, -0.2) is 0 Å². The molecule has 0 saturated heterocycles. The van der Waals surface area contributed by atoms with Crippen molar-refractivity contribution in [2.45, 2.75) is 0 Å². The van der Waals surface area contributed by atoms with Crippen LogP contribution < -0.4 is 5.43 Å². The van der Waals surface area contributed by atoms with E-state index < -0.39 is 0 Å². The Bertz CT molecular complexity index is 717. The maximum atomic E-state index is 6.01. The molecular formula is C12H5Cl6N3. The van der Waals surface area contributed by atoms with Crippen molar-refractivity contribution in [3.05, 3.63) is 54.4 Å². The average molecular weight is 404 g/mol. The molecule has 2 rings (SSSR count). The molecule has 9 heteroatoms. The van der Waals surface area contributed by atoms with Crippen LogP contribution in [-0.4, -0.2) is 0 Å². The molecule has 2 aromatic carbocycles. The molecule has 0 aliphatic rings. The van der Waals surface area contributed by atoms with Crippen molar-refractivity contribution < 1.29 is 0 Å². The van der Waals surface area contributed by atoms with E-state index >= 15 is 0 Å². The van der Waals surface area contributed by atoms with Gasteiger partial charge in [-0.1, -0.05) is 74.8 Å². The zero-order chi connectivity index (χ0) is 15.6. The van der Waals surface area contributed by atoms with Crippen molar-refractivity contribution in [1.29, 1.82) is 0 Å². The molecule has 0 saturated carbocycles. The molecule has 0 amide bonds. The summed E-state index contributed by atoms with van der Waals surface area (Å²) in [5.74, 6) is 0. The third-order valence-corrected chi connectivity index (χ3v) is 4.33. The van der Waals surface area contributed by atoms with E-state index in [1.54, 1.807) is 6.07 Å². The molecule has 0 heterocycles. The number of nitrogens with one attached hydrogen (secondary N) is 1. The van der Waals surface area contributed by atoms with Crippen LogP contribution in [0, 0.1) is 0 Å². The lowest BCUT2D eigenvalue weighted by atomic mass is 10.3. The van der Waals surface area contributed by atoms with E-state index in [4.69, 9.17) is 69.6 Å². The Kier molecular flexibility index (Phi) is 5.83. The van der Waals surface area contributed by atoms with Gasteiger partial charge in [-0.15, -0.1) is 5.11 Å². The Balaban J connectivity index is 2.24. The summed E-state index contributed by atoms with van der Waals surface area (Å²) in [6.45, 7) is 0. The molecule has 0 fully saturated rings. The van der Waals surface area contributed by atoms with Crippen LogP contribution in [0.3, 0.4) is 0 Å². The Morgan fingerprint density at radius 3 is 1.95 bits per heavy atom. The zero-order valence-electron chi connectivity index (χ0n) is 9.97. The molecule has 0 aliphatic heterocycles. The number of hydrogen-bond acceptors (Lipinski definition) is 2. The van der Waals surface area contributed by atoms with Crippen molar-refractivity contribution in [2.24, 2.45) is 10.3 Å². The van der Waals surface area contributed by atoms with Gasteiger partial charge >= 0.3 is 0 Å². The number of anilines is 1. The Labute approximate surface area is 150 Å². The standard InChI is InChI=1S/C12H5Cl6N3/c13-5-1-7(15)11(17)9(3-5)19-21-20-10-4-6(14)2-8(16)12(10)18/h1-4H,(H,19,20). The fraction of sp³-hybridized carbons (Fsp3) is 0. The number of benzene rings is 2. The molecular weight excluding hydrogens is 399 g/mol. The van der Waals surface area contributed by atoms with E-state index in [1.807, 2.05) is 0 Å². The first kappa shape index (κ1) is 16.9. The molecule has 1 N–H and O–H groups in total. The SMILES string of the molecule is Clc1cc(Cl)c(Cl)c(N=NNc2cc(Cl)cc(Cl)c2Cl)c1. The monoisotopic (exact) mass is 401 g/mol. The number of halogens is 6. The van der Waals surface area contributed by atoms with Crippen LogP contribution in [0.25, 0.3) is 0 Å². The Morgan fingerprint density at radius 1 is 0.714 bits per heavy atom. The van der Waals surface area contributed by atoms with Crippen molar-refractivity contribution >= 4 is 81.0 Å². The van der Waals surface area contributed by atoms with Gasteiger partial charge in [0, 0.05) is 10.0 Å². The van der Waals surface area contributed by atoms with Gasteiger partial charge in [0.05, 0.1) is 25.8 Å². The lowest BCUT2D eigenvalue weighted by Crippen LogP contribution is -1.88. The minimum Gasteiger partial charge on any atom is -0.258 e. The third-order valence-electron chi connectivity index (χ3n) is 2.29. The quantitative estimate of drug-likeness (QED) is 0.318. The minimum atomic E-state index is 0.238. The van der Waals surface area contributed by atoms with Gasteiger partial charge in [0.2, 0.25) is 0 Å². The molecule has 2 aromatic rings. The summed E-state index contributed by atoms with van der Waals surface area (Å²) >= 11 is 35.5. The number of hydrogen-bond donors (Lipinski definition) is 1. The molecule has 0 aromatic heterocycles. The Hall–Kier alpha value is -0.420. The fourth-order valence-corrected chi connectivity index (χ4v) is 2.66. The van der Waals surface area contributed by atoms with Gasteiger partial charge in [-0.2, -0.15) is 0 Å². The molecule has 0 spiro atoms. The second kappa shape index (κ2) is 7.23. The van der Waals surface area contributed by atoms with Crippen LogP contribution in [-0.2, 0) is 0 Å². The van der Waals surface area contributed by atoms with Crippen LogP contribution in [0.2, 0.25) is 30.1 Å². The highest BCUT2D eigenvalue weighted by molar-refractivity contribution is 6.45. The molecule has 110 valence electrons. The molecule has 21 heavy (non-hydrogen) atoms. The number of nitrogens with zero attached hydrogens (tertiary/aromatic N) is 2. The lowest BCUT2D eigenvalue weighted by Gasteiger charge is -2.05. The fourth-order valence-electron chi connectivity index (χ4n) is 1.39. The lowest BCUT2D eigenvalue weighted by molar-refractivity contribution is 1.13. The van der Waals surface area contributed by atoms with E-state index in [1.165, 1.54) is 18.2 Å². The topological polar surface area (TPSA) is 36.8 Å². The first-order valence-corrected chi connectivity index (χ1v) is 7.61. The average Bonchev–Trinajstić information content (AvgIpc) is 2.40. The first-order valence-electron chi connectivity index (χ1n) is 5.34. The van der Waals surface area contributed by atoms with Crippen LogP contribution in [0.1, 0.15) is 0 Å². The second-order valence-corrected chi connectivity index (χ2v) is 6.22. The first-order chi connectivity index (χ1) is 9.88. The van der Waals surface area contributed by atoms with Crippen molar-refractivity contribution in [2.75, 3.05) is 5.43 Å². The van der Waals surface area contributed by atoms with Crippen LogP contribution in [0.5, 0.6) is 0 Å². The highest BCUT2D eigenvalue weighted by Gasteiger charge is 2.08. The van der Waals surface area contributed by atoms with Crippen LogP contribution in [0.15, 0.2) is 34.6 Å². The van der Waals surface area contributed by atoms with E-state index in [-0.39, 0.29) is 15.1 Å². The highest BCUT2D eigenvalue weighted by atomic mass is 35.5. The highest BCUT2D eigenvalue weighted by Crippen LogP contribution is 2.36. The summed E-state index contributed by atoms with van der Waals surface area (Å²) < 4.78 is 0. The van der Waals surface area contributed by atoms with E-state index in [2.05, 4.69) is 15.8 Å². The molecule has 0 aliphatic carbocycles. The van der Waals surface area contributed by atoms with E-state index in [0.29, 0.717) is 26.4 Å². The molecule has 0 unspecified atom stereocenters. The van der Waals surface area contributed by atoms with Gasteiger partial charge in [-0.05, 0) is 24.3 Å². The molecule has 3 nitrogen and oxygen atoms in total. The summed E-state index contributed by atoms with van der Waals surface area (Å²) in [6, 6.07) is 6.10. The Morgan fingerprint density at radius 2 is 1.29 bits per heavy atom. The van der Waals surface area contributed by atoms with E-state index in [9.17, 15) is 0 Å². The number of rotatable bonds is 3. The predicted molar refractivity (Wildman–Crippen MR) is 91.1 cm³/mol. The summed E-state index contributed by atoms with van der Waals surface area (Å²) in [7, 11) is 0. The molecule has 0 bridgehead atoms. The summed E-state index contributed by atoms with van der Waals surface area (Å²) in [5, 5.41) is 9.55. The summed E-state index contributed by atoms with van der Waals surface area (Å²) in [4.78, 5) is 0. The van der Waals surface area contributed by atoms with Gasteiger partial charge in [0.25, 0.3) is 0 Å². The summed E-state index contributed by atoms with van der Waals surface area (Å²) in [5.41, 5.74) is 3.34. The van der Waals surface area contributed by atoms with Crippen molar-refractivity contribution in [3.63, 3.8) is 0 Å². The minimum absolute atomic E-state index is 0.238.